The molecular weight excluding hydrogens is 267 g/mol. The fourth-order valence-electron chi connectivity index (χ4n) is 2.42. The number of rotatable bonds is 4. The molecule has 21 heavy (non-hydrogen) atoms. The molecule has 3 rings (SSSR count). The van der Waals surface area contributed by atoms with Gasteiger partial charge in [0.15, 0.2) is 5.60 Å². The number of hydrogen-bond donors (Lipinski definition) is 0. The zero-order valence-electron chi connectivity index (χ0n) is 12.2. The number of halogens is 1. The van der Waals surface area contributed by atoms with E-state index in [4.69, 9.17) is 4.74 Å². The van der Waals surface area contributed by atoms with Crippen molar-refractivity contribution in [2.45, 2.75) is 32.3 Å². The molecule has 1 aliphatic carbocycles. The van der Waals surface area contributed by atoms with Gasteiger partial charge in [0, 0.05) is 0 Å². The average Bonchev–Trinajstić information content (AvgIpc) is 3.22. The van der Waals surface area contributed by atoms with Crippen LogP contribution < -0.4 is 4.74 Å². The van der Waals surface area contributed by atoms with E-state index in [0.717, 1.165) is 11.1 Å². The molecule has 0 radical (unpaired) electrons. The van der Waals surface area contributed by atoms with Gasteiger partial charge in [0.1, 0.15) is 11.6 Å². The van der Waals surface area contributed by atoms with Crippen molar-refractivity contribution in [3.8, 4) is 5.75 Å². The first-order valence-corrected chi connectivity index (χ1v) is 7.07. The Morgan fingerprint density at radius 1 is 1.14 bits per heavy atom. The summed E-state index contributed by atoms with van der Waals surface area (Å²) in [6.45, 7) is 3.73. The summed E-state index contributed by atoms with van der Waals surface area (Å²) in [6.07, 6.45) is 1.26. The largest absolute Gasteiger partial charge is 0.479 e. The molecular formula is C18H17FO2. The summed E-state index contributed by atoms with van der Waals surface area (Å²) in [6, 6.07) is 12.3. The normalized spacial score (nSPS) is 15.6. The summed E-state index contributed by atoms with van der Waals surface area (Å²) in [7, 11) is 0. The molecule has 0 saturated heterocycles. The second kappa shape index (κ2) is 4.99. The lowest BCUT2D eigenvalue weighted by atomic mass is 10.0. The maximum absolute atomic E-state index is 14.0. The van der Waals surface area contributed by atoms with Crippen LogP contribution in [0.25, 0.3) is 0 Å². The molecule has 0 spiro atoms. The highest BCUT2D eigenvalue weighted by molar-refractivity contribution is 6.05. The van der Waals surface area contributed by atoms with Crippen molar-refractivity contribution in [1.29, 1.82) is 0 Å². The first-order valence-electron chi connectivity index (χ1n) is 7.07. The highest BCUT2D eigenvalue weighted by Crippen LogP contribution is 2.44. The third-order valence-corrected chi connectivity index (χ3v) is 3.89. The molecule has 0 aliphatic heterocycles. The van der Waals surface area contributed by atoms with Crippen LogP contribution in [-0.4, -0.2) is 11.4 Å². The maximum Gasteiger partial charge on any atom is 0.209 e. The van der Waals surface area contributed by atoms with E-state index in [9.17, 15) is 9.18 Å². The minimum Gasteiger partial charge on any atom is -0.479 e. The summed E-state index contributed by atoms with van der Waals surface area (Å²) in [5, 5.41) is 0. The Balaban J connectivity index is 1.89. The lowest BCUT2D eigenvalue weighted by Gasteiger charge is -2.19. The number of aryl methyl sites for hydroxylation is 2. The molecule has 3 heteroatoms. The molecule has 0 heterocycles. The van der Waals surface area contributed by atoms with Gasteiger partial charge in [-0.05, 0) is 56.0 Å². The highest BCUT2D eigenvalue weighted by atomic mass is 19.1. The van der Waals surface area contributed by atoms with E-state index >= 15 is 0 Å². The monoisotopic (exact) mass is 284 g/mol. The molecule has 2 aromatic carbocycles. The van der Waals surface area contributed by atoms with Gasteiger partial charge in [-0.15, -0.1) is 0 Å². The summed E-state index contributed by atoms with van der Waals surface area (Å²) in [5.74, 6) is -0.0428. The first kappa shape index (κ1) is 13.8. The molecule has 0 N–H and O–H groups in total. The van der Waals surface area contributed by atoms with Crippen LogP contribution in [0.3, 0.4) is 0 Å². The predicted octanol–water partition coefficient (Wildman–Crippen LogP) is 4.24. The number of benzene rings is 2. The quantitative estimate of drug-likeness (QED) is 0.785. The summed E-state index contributed by atoms with van der Waals surface area (Å²) < 4.78 is 19.9. The number of carbonyl (C=O) groups excluding carboxylic acids is 1. The summed E-state index contributed by atoms with van der Waals surface area (Å²) in [4.78, 5) is 12.6. The Hall–Kier alpha value is -2.16. The molecule has 2 aromatic rings. The van der Waals surface area contributed by atoms with Crippen molar-refractivity contribution < 1.29 is 13.9 Å². The van der Waals surface area contributed by atoms with Gasteiger partial charge in [0.25, 0.3) is 0 Å². The van der Waals surface area contributed by atoms with Crippen LogP contribution in [0.4, 0.5) is 4.39 Å². The molecule has 108 valence electrons. The number of para-hydroxylation sites is 1. The maximum atomic E-state index is 14.0. The van der Waals surface area contributed by atoms with Crippen molar-refractivity contribution >= 4 is 5.78 Å². The van der Waals surface area contributed by atoms with Crippen LogP contribution in [0.15, 0.2) is 42.5 Å². The number of ketones is 1. The number of hydrogen-bond acceptors (Lipinski definition) is 2. The van der Waals surface area contributed by atoms with Gasteiger partial charge in [-0.1, -0.05) is 24.3 Å². The lowest BCUT2D eigenvalue weighted by Crippen LogP contribution is -2.30. The van der Waals surface area contributed by atoms with Gasteiger partial charge >= 0.3 is 0 Å². The summed E-state index contributed by atoms with van der Waals surface area (Å²) >= 11 is 0. The third-order valence-electron chi connectivity index (χ3n) is 3.89. The molecule has 1 aliphatic rings. The third kappa shape index (κ3) is 2.56. The van der Waals surface area contributed by atoms with Crippen molar-refractivity contribution in [3.05, 3.63) is 65.0 Å². The van der Waals surface area contributed by atoms with Crippen LogP contribution in [0.1, 0.15) is 34.3 Å². The van der Waals surface area contributed by atoms with Gasteiger partial charge in [-0.3, -0.25) is 4.79 Å². The van der Waals surface area contributed by atoms with Gasteiger partial charge < -0.3 is 4.74 Å². The van der Waals surface area contributed by atoms with Crippen molar-refractivity contribution in [1.82, 2.24) is 0 Å². The number of Topliss-reactive ketones (excluding diaryl/α,β-unsaturated/α-hetero) is 1. The fourth-order valence-corrected chi connectivity index (χ4v) is 2.42. The number of carbonyl (C=O) groups is 1. The highest BCUT2D eigenvalue weighted by Gasteiger charge is 2.53. The van der Waals surface area contributed by atoms with Crippen LogP contribution in [0.5, 0.6) is 5.75 Å². The molecule has 1 saturated carbocycles. The Morgan fingerprint density at radius 2 is 1.86 bits per heavy atom. The summed E-state index contributed by atoms with van der Waals surface area (Å²) in [5.41, 5.74) is 1.00. The molecule has 0 unspecified atom stereocenters. The molecule has 2 nitrogen and oxygen atoms in total. The SMILES string of the molecule is Cc1ccc(C(=O)C2(Oc3ccccc3C)CC2)c(F)c1. The van der Waals surface area contributed by atoms with E-state index in [1.807, 2.05) is 31.2 Å². The van der Waals surface area contributed by atoms with E-state index in [1.54, 1.807) is 19.1 Å². The molecule has 0 aromatic heterocycles. The van der Waals surface area contributed by atoms with Gasteiger partial charge in [0.05, 0.1) is 5.56 Å². The molecule has 1 fully saturated rings. The smallest absolute Gasteiger partial charge is 0.209 e. The van der Waals surface area contributed by atoms with Gasteiger partial charge in [-0.25, -0.2) is 4.39 Å². The van der Waals surface area contributed by atoms with Crippen LogP contribution in [0.2, 0.25) is 0 Å². The Kier molecular flexibility index (Phi) is 3.28. The zero-order chi connectivity index (χ0) is 15.0. The van der Waals surface area contributed by atoms with Crippen molar-refractivity contribution in [3.63, 3.8) is 0 Å². The van der Waals surface area contributed by atoms with Gasteiger partial charge in [0.2, 0.25) is 5.78 Å². The van der Waals surface area contributed by atoms with E-state index in [-0.39, 0.29) is 11.3 Å². The van der Waals surface area contributed by atoms with Crippen molar-refractivity contribution in [2.24, 2.45) is 0 Å². The van der Waals surface area contributed by atoms with Gasteiger partial charge in [-0.2, -0.15) is 0 Å². The standard InChI is InChI=1S/C18H17FO2/c1-12-7-8-14(15(19)11-12)17(20)18(9-10-18)21-16-6-4-3-5-13(16)2/h3-8,11H,9-10H2,1-2H3. The zero-order valence-corrected chi connectivity index (χ0v) is 12.2. The van der Waals surface area contributed by atoms with E-state index in [0.29, 0.717) is 18.6 Å². The number of ether oxygens (including phenoxy) is 1. The van der Waals surface area contributed by atoms with Crippen LogP contribution in [0, 0.1) is 19.7 Å². The lowest BCUT2D eigenvalue weighted by molar-refractivity contribution is 0.0740. The molecule has 0 bridgehead atoms. The first-order chi connectivity index (χ1) is 10.0. The second-order valence-corrected chi connectivity index (χ2v) is 5.67. The van der Waals surface area contributed by atoms with E-state index in [2.05, 4.69) is 0 Å². The molecule has 0 atom stereocenters. The predicted molar refractivity (Wildman–Crippen MR) is 79.2 cm³/mol. The van der Waals surface area contributed by atoms with E-state index < -0.39 is 11.4 Å². The van der Waals surface area contributed by atoms with Crippen LogP contribution in [-0.2, 0) is 0 Å². The topological polar surface area (TPSA) is 26.3 Å². The fraction of sp³-hybridized carbons (Fsp3) is 0.278. The minimum atomic E-state index is -0.887. The Morgan fingerprint density at radius 3 is 2.48 bits per heavy atom. The minimum absolute atomic E-state index is 0.117. The van der Waals surface area contributed by atoms with Crippen LogP contribution >= 0.6 is 0 Å². The molecule has 0 amide bonds. The second-order valence-electron chi connectivity index (χ2n) is 5.67. The Labute approximate surface area is 123 Å². The van der Waals surface area contributed by atoms with Crippen molar-refractivity contribution in [2.75, 3.05) is 0 Å². The average molecular weight is 284 g/mol. The van der Waals surface area contributed by atoms with E-state index in [1.165, 1.54) is 6.07 Å². The Bertz CT molecular complexity index is 702.